The third-order valence-electron chi connectivity index (χ3n) is 11.3. The number of ketones is 1. The number of H-pyrrole nitrogens is 1. The monoisotopic (exact) mass is 881 g/mol. The van der Waals surface area contributed by atoms with Crippen LogP contribution in [0, 0.1) is 24.7 Å². The smallest absolute Gasteiger partial charge is 0.410 e. The summed E-state index contributed by atoms with van der Waals surface area (Å²) in [6.07, 6.45) is 3.27. The lowest BCUT2D eigenvalue weighted by atomic mass is 9.77. The van der Waals surface area contributed by atoms with Crippen LogP contribution in [0.3, 0.4) is 0 Å². The molecule has 63 heavy (non-hydrogen) atoms. The molecule has 1 saturated heterocycles. The molecule has 0 bridgehead atoms. The normalized spacial score (nSPS) is 18.3. The molecule has 1 aromatic heterocycles. The highest BCUT2D eigenvalue weighted by Crippen LogP contribution is 2.32. The maximum atomic E-state index is 14.0. The van der Waals surface area contributed by atoms with Crippen molar-refractivity contribution in [3.63, 3.8) is 0 Å². The molecule has 2 atom stereocenters. The van der Waals surface area contributed by atoms with E-state index >= 15 is 0 Å². The van der Waals surface area contributed by atoms with Gasteiger partial charge >= 0.3 is 12.2 Å². The number of aromatic amines is 1. The molecule has 0 unspecified atom stereocenters. The minimum Gasteiger partial charge on any atom is -0.444 e. The summed E-state index contributed by atoms with van der Waals surface area (Å²) in [5.41, 5.74) is 4.43. The third kappa shape index (κ3) is 13.6. The summed E-state index contributed by atoms with van der Waals surface area (Å²) in [6.45, 7) is 14.3. The highest BCUT2D eigenvalue weighted by atomic mass is 35.5. The first kappa shape index (κ1) is 46.7. The van der Waals surface area contributed by atoms with Gasteiger partial charge in [-0.2, -0.15) is 10.1 Å². The Labute approximate surface area is 374 Å². The highest BCUT2D eigenvalue weighted by Gasteiger charge is 2.32. The maximum Gasteiger partial charge on any atom is 0.410 e. The zero-order valence-corrected chi connectivity index (χ0v) is 38.1. The van der Waals surface area contributed by atoms with Gasteiger partial charge < -0.3 is 30.3 Å². The molecule has 336 valence electrons. The van der Waals surface area contributed by atoms with Gasteiger partial charge in [-0.05, 0) is 163 Å². The van der Waals surface area contributed by atoms with E-state index in [0.29, 0.717) is 62.4 Å². The van der Waals surface area contributed by atoms with Crippen LogP contribution in [0.5, 0.6) is 0 Å². The van der Waals surface area contributed by atoms with Gasteiger partial charge in [-0.25, -0.2) is 14.7 Å². The number of benzene rings is 3. The molecule has 2 aliphatic rings. The molecule has 0 spiro atoms. The quantitative estimate of drug-likeness (QED) is 0.102. The Balaban J connectivity index is 1.09. The molecule has 4 amide bonds. The fourth-order valence-corrected chi connectivity index (χ4v) is 8.21. The van der Waals surface area contributed by atoms with Crippen molar-refractivity contribution in [1.82, 2.24) is 30.7 Å². The summed E-state index contributed by atoms with van der Waals surface area (Å²) in [7, 11) is 0. The number of carbonyl (C=O) groups is 5. The summed E-state index contributed by atoms with van der Waals surface area (Å²) in [4.78, 5) is 71.6. The molecule has 4 aromatic rings. The van der Waals surface area contributed by atoms with Gasteiger partial charge in [0.05, 0.1) is 0 Å². The molecule has 4 N–H and O–H groups in total. The van der Waals surface area contributed by atoms with E-state index in [-0.39, 0.29) is 53.3 Å². The summed E-state index contributed by atoms with van der Waals surface area (Å²) in [5, 5.41) is 15.8. The average molecular weight is 883 g/mol. The van der Waals surface area contributed by atoms with Crippen LogP contribution in [0.2, 0.25) is 5.28 Å². The standard InChI is InChI=1S/C48H60ClN7O7/c1-29-24-35(42(58)52-38-22-23-56(28-38)46(61)63-48(5,6)7)18-21-39(29)32-12-8-30(9-13-32)25-36(43(59)51-37-19-16-34(17-20-37)41-53-44(49)55-54-41)26-40(57)33-14-10-31(11-15-33)27-50-45(60)62-47(2,3)4/h8-9,12-13,16-21,24,31,33,36,38H,10-11,14-15,22-23,25-28H2,1-7H3,(H,50,60)(H,51,59)(H,52,58)(H,53,54,55)/t31?,33?,36-,38-/m1/s1. The molecule has 15 heteroatoms. The van der Waals surface area contributed by atoms with E-state index in [1.165, 1.54) is 0 Å². The number of nitrogens with zero attached hydrogens (tertiary/aromatic N) is 3. The first-order valence-corrected chi connectivity index (χ1v) is 22.1. The maximum absolute atomic E-state index is 14.0. The predicted octanol–water partition coefficient (Wildman–Crippen LogP) is 8.93. The molecule has 0 radical (unpaired) electrons. The number of Topliss-reactive ketones (excluding diaryl/α,β-unsaturated/α-hetero) is 1. The number of likely N-dealkylation sites (tertiary alicyclic amines) is 1. The van der Waals surface area contributed by atoms with Crippen LogP contribution in [0.1, 0.15) is 102 Å². The van der Waals surface area contributed by atoms with Gasteiger partial charge in [0, 0.05) is 60.7 Å². The van der Waals surface area contributed by atoms with E-state index in [9.17, 15) is 24.0 Å². The summed E-state index contributed by atoms with van der Waals surface area (Å²) < 4.78 is 10.9. The van der Waals surface area contributed by atoms with Crippen molar-refractivity contribution in [2.45, 2.75) is 111 Å². The number of carbonyl (C=O) groups excluding carboxylic acids is 5. The third-order valence-corrected chi connectivity index (χ3v) is 11.5. The van der Waals surface area contributed by atoms with Gasteiger partial charge in [0.2, 0.25) is 11.2 Å². The Morgan fingerprint density at radius 1 is 0.857 bits per heavy atom. The Morgan fingerprint density at radius 2 is 1.52 bits per heavy atom. The Bertz CT molecular complexity index is 2260. The predicted molar refractivity (Wildman–Crippen MR) is 242 cm³/mol. The van der Waals surface area contributed by atoms with Crippen LogP contribution in [0.25, 0.3) is 22.5 Å². The van der Waals surface area contributed by atoms with E-state index < -0.39 is 23.2 Å². The molecule has 2 fully saturated rings. The number of anilines is 1. The van der Waals surface area contributed by atoms with Crippen molar-refractivity contribution in [1.29, 1.82) is 0 Å². The highest BCUT2D eigenvalue weighted by molar-refractivity contribution is 6.28. The number of aryl methyl sites for hydroxylation is 1. The van der Waals surface area contributed by atoms with E-state index in [0.717, 1.165) is 40.7 Å². The van der Waals surface area contributed by atoms with Crippen molar-refractivity contribution in [2.24, 2.45) is 17.8 Å². The Kier molecular flexibility index (Phi) is 15.0. The van der Waals surface area contributed by atoms with Crippen molar-refractivity contribution < 1.29 is 33.4 Å². The van der Waals surface area contributed by atoms with Crippen LogP contribution in [-0.4, -0.2) is 86.7 Å². The van der Waals surface area contributed by atoms with Crippen molar-refractivity contribution in [3.05, 3.63) is 88.7 Å². The zero-order chi connectivity index (χ0) is 45.5. The Morgan fingerprint density at radius 3 is 2.14 bits per heavy atom. The topological polar surface area (TPSA) is 185 Å². The number of ether oxygens (including phenoxy) is 2. The van der Waals surface area contributed by atoms with Crippen LogP contribution < -0.4 is 16.0 Å². The van der Waals surface area contributed by atoms with Crippen LogP contribution >= 0.6 is 11.6 Å². The van der Waals surface area contributed by atoms with E-state index in [1.807, 2.05) is 84.9 Å². The molecule has 1 aliphatic carbocycles. The van der Waals surface area contributed by atoms with Crippen LogP contribution in [0.4, 0.5) is 15.3 Å². The minimum atomic E-state index is -0.628. The molecule has 2 heterocycles. The molecule has 1 saturated carbocycles. The molecule has 3 aromatic carbocycles. The van der Waals surface area contributed by atoms with Crippen molar-refractivity contribution >= 4 is 47.1 Å². The molecular formula is C48H60ClN7O7. The summed E-state index contributed by atoms with van der Waals surface area (Å²) in [5.74, 6) is -0.490. The van der Waals surface area contributed by atoms with Crippen molar-refractivity contribution in [3.8, 4) is 22.5 Å². The molecule has 6 rings (SSSR count). The van der Waals surface area contributed by atoms with Gasteiger partial charge in [0.1, 0.15) is 17.0 Å². The van der Waals surface area contributed by atoms with E-state index in [4.69, 9.17) is 21.1 Å². The van der Waals surface area contributed by atoms with Gasteiger partial charge in [-0.1, -0.05) is 30.3 Å². The van der Waals surface area contributed by atoms with Crippen LogP contribution in [-0.2, 0) is 25.5 Å². The number of alkyl carbamates (subject to hydrolysis) is 1. The lowest BCUT2D eigenvalue weighted by Crippen LogP contribution is -2.40. The number of aromatic nitrogens is 3. The average Bonchev–Trinajstić information content (AvgIpc) is 3.88. The number of nitrogens with one attached hydrogen (secondary N) is 4. The molecule has 14 nitrogen and oxygen atoms in total. The second-order valence-corrected chi connectivity index (χ2v) is 19.2. The van der Waals surface area contributed by atoms with Gasteiger partial charge in [0.15, 0.2) is 5.82 Å². The second-order valence-electron chi connectivity index (χ2n) is 18.8. The number of halogens is 1. The largest absolute Gasteiger partial charge is 0.444 e. The lowest BCUT2D eigenvalue weighted by molar-refractivity contribution is -0.129. The minimum absolute atomic E-state index is 0.0650. The zero-order valence-electron chi connectivity index (χ0n) is 37.3. The first-order valence-electron chi connectivity index (χ1n) is 21.8. The van der Waals surface area contributed by atoms with Gasteiger partial charge in [0.25, 0.3) is 5.91 Å². The fourth-order valence-electron chi connectivity index (χ4n) is 8.09. The number of hydrogen-bond acceptors (Lipinski definition) is 9. The number of hydrogen-bond donors (Lipinski definition) is 4. The first-order chi connectivity index (χ1) is 29.8. The fraction of sp³-hybridized carbons (Fsp3) is 0.479. The summed E-state index contributed by atoms with van der Waals surface area (Å²) in [6, 6.07) is 20.5. The Hall–Kier alpha value is -5.76. The SMILES string of the molecule is Cc1cc(C(=O)N[C@@H]2CCN(C(=O)OC(C)(C)C)C2)ccc1-c1ccc(C[C@H](CC(=O)C2CCC(CNC(=O)OC(C)(C)C)CC2)C(=O)Nc2ccc(-c3n[nH]c(Cl)n3)cc2)cc1. The van der Waals surface area contributed by atoms with E-state index in [2.05, 4.69) is 31.1 Å². The second kappa shape index (κ2) is 20.2. The number of amides is 4. The summed E-state index contributed by atoms with van der Waals surface area (Å²) >= 11 is 5.91. The molecular weight excluding hydrogens is 822 g/mol. The molecule has 1 aliphatic heterocycles. The van der Waals surface area contributed by atoms with Crippen molar-refractivity contribution in [2.75, 3.05) is 25.0 Å². The van der Waals surface area contributed by atoms with Gasteiger partial charge in [-0.3, -0.25) is 14.4 Å². The van der Waals surface area contributed by atoms with Gasteiger partial charge in [-0.15, -0.1) is 0 Å². The van der Waals surface area contributed by atoms with E-state index in [1.54, 1.807) is 35.2 Å². The number of rotatable bonds is 13. The lowest BCUT2D eigenvalue weighted by Gasteiger charge is -2.29. The van der Waals surface area contributed by atoms with Crippen LogP contribution in [0.15, 0.2) is 66.7 Å².